The van der Waals surface area contributed by atoms with Gasteiger partial charge < -0.3 is 5.32 Å². The van der Waals surface area contributed by atoms with Crippen molar-refractivity contribution < 1.29 is 22.8 Å². The van der Waals surface area contributed by atoms with Crippen LogP contribution in [0.4, 0.5) is 13.2 Å². The molecule has 1 aliphatic carbocycles. The molecule has 0 bridgehead atoms. The van der Waals surface area contributed by atoms with Gasteiger partial charge >= 0.3 is 0 Å². The maximum absolute atomic E-state index is 13.9. The molecule has 1 amide bonds. The van der Waals surface area contributed by atoms with Gasteiger partial charge in [0.25, 0.3) is 5.92 Å². The first-order valence-electron chi connectivity index (χ1n) is 9.02. The molecule has 3 rings (SSSR count). The van der Waals surface area contributed by atoms with Crippen LogP contribution < -0.4 is 5.32 Å². The Bertz CT molecular complexity index is 808. The molecule has 1 saturated heterocycles. The van der Waals surface area contributed by atoms with Gasteiger partial charge in [-0.25, -0.2) is 23.1 Å². The highest BCUT2D eigenvalue weighted by Gasteiger charge is 2.39. The predicted molar refractivity (Wildman–Crippen MR) is 95.1 cm³/mol. The molecule has 150 valence electrons. The Morgan fingerprint density at radius 2 is 2.11 bits per heavy atom. The molecule has 2 unspecified atom stereocenters. The molecule has 0 aromatic carbocycles. The van der Waals surface area contributed by atoms with Crippen LogP contribution in [0.5, 0.6) is 0 Å². The number of alkyl halides is 2. The monoisotopic (exact) mass is 394 g/mol. The van der Waals surface area contributed by atoms with E-state index in [1.165, 1.54) is 18.5 Å². The van der Waals surface area contributed by atoms with E-state index in [0.717, 1.165) is 12.2 Å². The first-order chi connectivity index (χ1) is 13.3. The molecule has 2 aliphatic rings. The van der Waals surface area contributed by atoms with E-state index in [1.807, 2.05) is 0 Å². The van der Waals surface area contributed by atoms with Crippen LogP contribution in [0.1, 0.15) is 30.3 Å². The van der Waals surface area contributed by atoms with Crippen molar-refractivity contribution >= 4 is 11.7 Å². The van der Waals surface area contributed by atoms with Gasteiger partial charge in [0, 0.05) is 30.9 Å². The van der Waals surface area contributed by atoms with Gasteiger partial charge in [-0.1, -0.05) is 6.08 Å². The molecule has 0 spiro atoms. The minimum Gasteiger partial charge on any atom is -0.353 e. The van der Waals surface area contributed by atoms with Gasteiger partial charge in [-0.2, -0.15) is 0 Å². The van der Waals surface area contributed by atoms with E-state index in [1.54, 1.807) is 11.8 Å². The van der Waals surface area contributed by atoms with Crippen molar-refractivity contribution in [1.82, 2.24) is 20.2 Å². The third kappa shape index (κ3) is 4.64. The molecule has 2 atom stereocenters. The minimum atomic E-state index is -2.83. The Morgan fingerprint density at radius 3 is 2.75 bits per heavy atom. The zero-order valence-corrected chi connectivity index (χ0v) is 15.4. The van der Waals surface area contributed by atoms with Gasteiger partial charge in [0.15, 0.2) is 11.7 Å². The molecule has 2 heterocycles. The van der Waals surface area contributed by atoms with E-state index in [0.29, 0.717) is 24.4 Å². The molecule has 0 saturated carbocycles. The zero-order chi connectivity index (χ0) is 20.3. The second kappa shape index (κ2) is 8.22. The van der Waals surface area contributed by atoms with Crippen molar-refractivity contribution in [2.75, 3.05) is 19.6 Å². The fourth-order valence-corrected chi connectivity index (χ4v) is 3.41. The number of piperidine rings is 1. The number of halogens is 3. The fraction of sp³-hybridized carbons (Fsp3) is 0.474. The summed E-state index contributed by atoms with van der Waals surface area (Å²) in [5.74, 6) is -6.14. The van der Waals surface area contributed by atoms with Crippen LogP contribution in [0.25, 0.3) is 0 Å². The number of nitrogens with one attached hydrogen (secondary N) is 1. The molecule has 1 aromatic heterocycles. The smallest absolute Gasteiger partial charge is 0.260 e. The average molecular weight is 394 g/mol. The van der Waals surface area contributed by atoms with Crippen LogP contribution in [0.15, 0.2) is 36.4 Å². The second-order valence-electron chi connectivity index (χ2n) is 7.00. The van der Waals surface area contributed by atoms with Crippen molar-refractivity contribution in [3.63, 3.8) is 0 Å². The minimum absolute atomic E-state index is 0.0674. The van der Waals surface area contributed by atoms with Crippen LogP contribution >= 0.6 is 0 Å². The number of nitrogens with zero attached hydrogens (tertiary/aromatic N) is 3. The molecule has 0 radical (unpaired) electrons. The lowest BCUT2D eigenvalue weighted by Crippen LogP contribution is -2.48. The third-order valence-electron chi connectivity index (χ3n) is 4.86. The number of carbonyl (C=O) groups is 2. The number of aryl methyl sites for hydroxylation is 1. The average Bonchev–Trinajstić information content (AvgIpc) is 2.62. The molecule has 9 heteroatoms. The summed E-state index contributed by atoms with van der Waals surface area (Å²) >= 11 is 0. The fourth-order valence-electron chi connectivity index (χ4n) is 3.41. The number of ketones is 1. The summed E-state index contributed by atoms with van der Waals surface area (Å²) < 4.78 is 41.7. The number of likely N-dealkylation sites (tertiary alicyclic amines) is 1. The van der Waals surface area contributed by atoms with Gasteiger partial charge in [-0.15, -0.1) is 0 Å². The van der Waals surface area contributed by atoms with E-state index < -0.39 is 41.9 Å². The molecule has 6 nitrogen and oxygen atoms in total. The first kappa shape index (κ1) is 20.2. The van der Waals surface area contributed by atoms with Gasteiger partial charge in [-0.3, -0.25) is 14.5 Å². The molecule has 1 N–H and O–H groups in total. The summed E-state index contributed by atoms with van der Waals surface area (Å²) in [6, 6.07) is -0.614. The summed E-state index contributed by atoms with van der Waals surface area (Å²) in [5, 5.41) is 2.53. The lowest BCUT2D eigenvalue weighted by Gasteiger charge is -2.38. The van der Waals surface area contributed by atoms with Gasteiger partial charge in [0.1, 0.15) is 11.7 Å². The van der Waals surface area contributed by atoms with Crippen LogP contribution in [0.2, 0.25) is 0 Å². The largest absolute Gasteiger partial charge is 0.353 e. The van der Waals surface area contributed by atoms with Gasteiger partial charge in [-0.05, 0) is 32.0 Å². The molecule has 1 aromatic rings. The lowest BCUT2D eigenvalue weighted by atomic mass is 9.96. The van der Waals surface area contributed by atoms with Crippen molar-refractivity contribution in [2.45, 2.75) is 31.7 Å². The van der Waals surface area contributed by atoms with E-state index >= 15 is 0 Å². The maximum atomic E-state index is 13.9. The van der Waals surface area contributed by atoms with Crippen LogP contribution in [-0.2, 0) is 9.59 Å². The van der Waals surface area contributed by atoms with Crippen molar-refractivity contribution in [2.24, 2.45) is 5.92 Å². The first-order valence-corrected chi connectivity index (χ1v) is 9.02. The van der Waals surface area contributed by atoms with Crippen LogP contribution in [-0.4, -0.2) is 52.1 Å². The normalized spacial score (nSPS) is 23.2. The number of amides is 1. The number of carbonyl (C=O) groups excluding carboxylic acids is 2. The van der Waals surface area contributed by atoms with Crippen molar-refractivity contribution in [1.29, 1.82) is 0 Å². The Kier molecular flexibility index (Phi) is 5.93. The summed E-state index contributed by atoms with van der Waals surface area (Å²) in [6.45, 7) is 1.60. The molecular weight excluding hydrogens is 373 g/mol. The van der Waals surface area contributed by atoms with E-state index in [-0.39, 0.29) is 13.0 Å². The van der Waals surface area contributed by atoms with Crippen molar-refractivity contribution in [3.05, 3.63) is 47.8 Å². The van der Waals surface area contributed by atoms with E-state index in [4.69, 9.17) is 0 Å². The Labute approximate surface area is 160 Å². The van der Waals surface area contributed by atoms with Gasteiger partial charge in [0.2, 0.25) is 5.91 Å². The Hall–Kier alpha value is -2.55. The molecule has 1 aliphatic heterocycles. The second-order valence-corrected chi connectivity index (χ2v) is 7.00. The summed E-state index contributed by atoms with van der Waals surface area (Å²) in [6.07, 6.45) is 6.61. The standard InChI is InChI=1S/C19H21F3N4O2/c1-12-23-8-13(9-24-12)15(26-7-3-6-19(21,22)11-26)10-25-18(28)17-14(20)4-2-5-16(17)27/h2,4-5,8-9,15,17H,3,6-7,10-11H2,1H3,(H,25,28). The highest BCUT2D eigenvalue weighted by atomic mass is 19.3. The Morgan fingerprint density at radius 1 is 1.39 bits per heavy atom. The summed E-state index contributed by atoms with van der Waals surface area (Å²) in [7, 11) is 0. The van der Waals surface area contributed by atoms with Gasteiger partial charge in [0.05, 0.1) is 12.6 Å². The lowest BCUT2D eigenvalue weighted by molar-refractivity contribution is -0.131. The number of rotatable bonds is 5. The van der Waals surface area contributed by atoms with Crippen LogP contribution in [0.3, 0.4) is 0 Å². The van der Waals surface area contributed by atoms with E-state index in [2.05, 4.69) is 15.3 Å². The zero-order valence-electron chi connectivity index (χ0n) is 15.4. The molecular formula is C19H21F3N4O2. The topological polar surface area (TPSA) is 75.2 Å². The van der Waals surface area contributed by atoms with Crippen molar-refractivity contribution in [3.8, 4) is 0 Å². The third-order valence-corrected chi connectivity index (χ3v) is 4.86. The molecule has 28 heavy (non-hydrogen) atoms. The predicted octanol–water partition coefficient (Wildman–Crippen LogP) is 2.28. The maximum Gasteiger partial charge on any atom is 0.260 e. The number of allylic oxidation sites excluding steroid dienone is 3. The Balaban J connectivity index is 1.76. The molecule has 1 fully saturated rings. The number of hydrogen-bond acceptors (Lipinski definition) is 5. The summed E-state index contributed by atoms with van der Waals surface area (Å²) in [5.41, 5.74) is 0.564. The highest BCUT2D eigenvalue weighted by molar-refractivity contribution is 6.09. The summed E-state index contributed by atoms with van der Waals surface area (Å²) in [4.78, 5) is 34.0. The highest BCUT2D eigenvalue weighted by Crippen LogP contribution is 2.32. The quantitative estimate of drug-likeness (QED) is 0.776. The van der Waals surface area contributed by atoms with E-state index in [9.17, 15) is 22.8 Å². The number of aromatic nitrogens is 2. The SMILES string of the molecule is Cc1ncc(C(CNC(=O)C2C(=O)C=CC=C2F)N2CCCC(F)(F)C2)cn1. The van der Waals surface area contributed by atoms with Crippen LogP contribution in [0, 0.1) is 12.8 Å². The number of hydrogen-bond donors (Lipinski definition) is 1.